The largest absolute Gasteiger partial charge is 0.496 e. The highest BCUT2D eigenvalue weighted by molar-refractivity contribution is 5.98. The van der Waals surface area contributed by atoms with E-state index in [1.807, 2.05) is 0 Å². The highest BCUT2D eigenvalue weighted by atomic mass is 16.5. The minimum Gasteiger partial charge on any atom is -0.496 e. The molecule has 0 spiro atoms. The van der Waals surface area contributed by atoms with Crippen molar-refractivity contribution in [3.63, 3.8) is 0 Å². The second-order valence-electron chi connectivity index (χ2n) is 5.76. The number of ether oxygens (including phenoxy) is 1. The summed E-state index contributed by atoms with van der Waals surface area (Å²) in [6, 6.07) is 6.69. The Balaban J connectivity index is 1.74. The first-order valence-electron chi connectivity index (χ1n) is 8.11. The lowest BCUT2D eigenvalue weighted by Crippen LogP contribution is -2.47. The molecule has 0 saturated heterocycles. The van der Waals surface area contributed by atoms with E-state index >= 15 is 0 Å². The molecule has 1 fully saturated rings. The molecule has 1 aromatic rings. The van der Waals surface area contributed by atoms with E-state index in [0.29, 0.717) is 11.3 Å². The number of hydrazine groups is 1. The molecule has 0 atom stereocenters. The lowest BCUT2D eigenvalue weighted by atomic mass is 9.89. The summed E-state index contributed by atoms with van der Waals surface area (Å²) < 4.78 is 5.09. The number of benzene rings is 1. The Morgan fingerprint density at radius 2 is 1.79 bits per heavy atom. The molecule has 0 aromatic heterocycles. The van der Waals surface area contributed by atoms with Crippen LogP contribution in [0.2, 0.25) is 0 Å². The summed E-state index contributed by atoms with van der Waals surface area (Å²) in [5.41, 5.74) is 4.90. The van der Waals surface area contributed by atoms with E-state index in [-0.39, 0.29) is 18.4 Å². The molecule has 1 saturated carbocycles. The molecule has 0 bridgehead atoms. The quantitative estimate of drug-likeness (QED) is 0.704. The molecule has 3 N–H and O–H groups in total. The third-order valence-corrected chi connectivity index (χ3v) is 4.07. The SMILES string of the molecule is COc1ccccc1C(=O)NNC(=O)CNC(=O)C1CCCCC1. The van der Waals surface area contributed by atoms with Crippen molar-refractivity contribution in [2.24, 2.45) is 5.92 Å². The predicted molar refractivity (Wildman–Crippen MR) is 88.2 cm³/mol. The Labute approximate surface area is 141 Å². The molecule has 1 aliphatic carbocycles. The summed E-state index contributed by atoms with van der Waals surface area (Å²) in [6.07, 6.45) is 5.02. The first-order chi connectivity index (χ1) is 11.6. The maximum absolute atomic E-state index is 12.0. The first kappa shape index (κ1) is 17.8. The van der Waals surface area contributed by atoms with Crippen LogP contribution in [0.4, 0.5) is 0 Å². The molecule has 2 rings (SSSR count). The van der Waals surface area contributed by atoms with E-state index in [1.165, 1.54) is 13.5 Å². The van der Waals surface area contributed by atoms with Gasteiger partial charge in [0.2, 0.25) is 5.91 Å². The van der Waals surface area contributed by atoms with Crippen LogP contribution in [0.5, 0.6) is 5.75 Å². The smallest absolute Gasteiger partial charge is 0.273 e. The number of carbonyl (C=O) groups excluding carboxylic acids is 3. The summed E-state index contributed by atoms with van der Waals surface area (Å²) in [4.78, 5) is 35.7. The summed E-state index contributed by atoms with van der Waals surface area (Å²) >= 11 is 0. The number of amides is 3. The van der Waals surface area contributed by atoms with Gasteiger partial charge in [-0.1, -0.05) is 31.4 Å². The molecule has 7 heteroatoms. The predicted octanol–water partition coefficient (Wildman–Crippen LogP) is 1.15. The van der Waals surface area contributed by atoms with Gasteiger partial charge in [0.15, 0.2) is 0 Å². The van der Waals surface area contributed by atoms with E-state index in [4.69, 9.17) is 4.74 Å². The number of rotatable bonds is 5. The second-order valence-corrected chi connectivity index (χ2v) is 5.76. The Morgan fingerprint density at radius 3 is 2.50 bits per heavy atom. The molecular weight excluding hydrogens is 310 g/mol. The van der Waals surface area contributed by atoms with Crippen LogP contribution in [0.25, 0.3) is 0 Å². The summed E-state index contributed by atoms with van der Waals surface area (Å²) in [6.45, 7) is -0.165. The highest BCUT2D eigenvalue weighted by Gasteiger charge is 2.21. The zero-order valence-electron chi connectivity index (χ0n) is 13.8. The van der Waals surface area contributed by atoms with Crippen molar-refractivity contribution in [1.82, 2.24) is 16.2 Å². The van der Waals surface area contributed by atoms with Crippen molar-refractivity contribution in [3.05, 3.63) is 29.8 Å². The summed E-state index contributed by atoms with van der Waals surface area (Å²) in [5, 5.41) is 2.61. The number of methoxy groups -OCH3 is 1. The van der Waals surface area contributed by atoms with E-state index in [0.717, 1.165) is 25.7 Å². The third-order valence-electron chi connectivity index (χ3n) is 4.07. The summed E-state index contributed by atoms with van der Waals surface area (Å²) in [5.74, 6) is -0.660. The molecule has 130 valence electrons. The van der Waals surface area contributed by atoms with E-state index in [9.17, 15) is 14.4 Å². The van der Waals surface area contributed by atoms with Crippen LogP contribution in [-0.4, -0.2) is 31.4 Å². The van der Waals surface area contributed by atoms with E-state index in [2.05, 4.69) is 16.2 Å². The molecule has 0 aliphatic heterocycles. The van der Waals surface area contributed by atoms with E-state index < -0.39 is 11.8 Å². The molecule has 0 radical (unpaired) electrons. The average molecular weight is 333 g/mol. The number of nitrogens with one attached hydrogen (secondary N) is 3. The van der Waals surface area contributed by atoms with Crippen molar-refractivity contribution >= 4 is 17.7 Å². The fraction of sp³-hybridized carbons (Fsp3) is 0.471. The Morgan fingerprint density at radius 1 is 1.08 bits per heavy atom. The molecule has 1 aliphatic rings. The molecule has 1 aromatic carbocycles. The lowest BCUT2D eigenvalue weighted by molar-refractivity contribution is -0.129. The van der Waals surface area contributed by atoms with Gasteiger partial charge in [-0.25, -0.2) is 0 Å². The molecule has 0 heterocycles. The van der Waals surface area contributed by atoms with Gasteiger partial charge >= 0.3 is 0 Å². The van der Waals surface area contributed by atoms with Gasteiger partial charge in [0, 0.05) is 5.92 Å². The van der Waals surface area contributed by atoms with Gasteiger partial charge in [-0.2, -0.15) is 0 Å². The third kappa shape index (κ3) is 4.97. The zero-order chi connectivity index (χ0) is 17.4. The maximum atomic E-state index is 12.0. The van der Waals surface area contributed by atoms with Gasteiger partial charge in [0.1, 0.15) is 5.75 Å². The molecule has 3 amide bonds. The molecule has 7 nitrogen and oxygen atoms in total. The van der Waals surface area contributed by atoms with Crippen LogP contribution in [0.3, 0.4) is 0 Å². The Bertz CT molecular complexity index is 597. The minimum atomic E-state index is -0.487. The fourth-order valence-electron chi connectivity index (χ4n) is 2.75. The van der Waals surface area contributed by atoms with Gasteiger partial charge < -0.3 is 10.1 Å². The van der Waals surface area contributed by atoms with Crippen LogP contribution in [-0.2, 0) is 9.59 Å². The Kier molecular flexibility index (Phi) is 6.60. The van der Waals surface area contributed by atoms with Gasteiger partial charge in [0.05, 0.1) is 19.2 Å². The van der Waals surface area contributed by atoms with Crippen LogP contribution < -0.4 is 20.9 Å². The zero-order valence-corrected chi connectivity index (χ0v) is 13.8. The van der Waals surface area contributed by atoms with Gasteiger partial charge in [-0.15, -0.1) is 0 Å². The average Bonchev–Trinajstić information content (AvgIpc) is 2.64. The first-order valence-corrected chi connectivity index (χ1v) is 8.11. The van der Waals surface area contributed by atoms with Crippen LogP contribution >= 0.6 is 0 Å². The monoisotopic (exact) mass is 333 g/mol. The fourth-order valence-corrected chi connectivity index (χ4v) is 2.75. The van der Waals surface area contributed by atoms with Crippen molar-refractivity contribution in [1.29, 1.82) is 0 Å². The van der Waals surface area contributed by atoms with Crippen molar-refractivity contribution < 1.29 is 19.1 Å². The molecular formula is C17H23N3O4. The van der Waals surface area contributed by atoms with Crippen molar-refractivity contribution in [2.45, 2.75) is 32.1 Å². The van der Waals surface area contributed by atoms with Crippen molar-refractivity contribution in [3.8, 4) is 5.75 Å². The van der Waals surface area contributed by atoms with Crippen LogP contribution in [0.15, 0.2) is 24.3 Å². The number of hydrogen-bond donors (Lipinski definition) is 3. The van der Waals surface area contributed by atoms with Crippen LogP contribution in [0.1, 0.15) is 42.5 Å². The number of hydrogen-bond acceptors (Lipinski definition) is 4. The van der Waals surface area contributed by atoms with Gasteiger partial charge in [0.25, 0.3) is 11.8 Å². The highest BCUT2D eigenvalue weighted by Crippen LogP contribution is 2.23. The normalized spacial score (nSPS) is 14.5. The minimum absolute atomic E-state index is 0.00489. The molecule has 24 heavy (non-hydrogen) atoms. The van der Waals surface area contributed by atoms with Gasteiger partial charge in [-0.05, 0) is 25.0 Å². The second kappa shape index (κ2) is 8.90. The van der Waals surface area contributed by atoms with E-state index in [1.54, 1.807) is 24.3 Å². The topological polar surface area (TPSA) is 96.5 Å². The van der Waals surface area contributed by atoms with Crippen molar-refractivity contribution in [2.75, 3.05) is 13.7 Å². The summed E-state index contributed by atoms with van der Waals surface area (Å²) in [7, 11) is 1.46. The maximum Gasteiger partial charge on any atom is 0.273 e. The van der Waals surface area contributed by atoms with Gasteiger partial charge in [-0.3, -0.25) is 25.2 Å². The Hall–Kier alpha value is -2.57. The number of carbonyl (C=O) groups is 3. The standard InChI is InChI=1S/C17H23N3O4/c1-24-14-10-6-5-9-13(14)17(23)20-19-15(21)11-18-16(22)12-7-3-2-4-8-12/h5-6,9-10,12H,2-4,7-8,11H2,1H3,(H,18,22)(H,19,21)(H,20,23). The lowest BCUT2D eigenvalue weighted by Gasteiger charge is -2.20. The van der Waals surface area contributed by atoms with Crippen LogP contribution in [0, 0.1) is 5.92 Å². The number of para-hydroxylation sites is 1. The molecule has 0 unspecified atom stereocenters.